The maximum Gasteiger partial charge on any atom is 0.306 e. The number of halogens is 2. The van der Waals surface area contributed by atoms with Crippen molar-refractivity contribution in [3.63, 3.8) is 0 Å². The molecule has 0 atom stereocenters. The van der Waals surface area contributed by atoms with Gasteiger partial charge >= 0.3 is 5.97 Å². The summed E-state index contributed by atoms with van der Waals surface area (Å²) in [5, 5.41) is -0.0727. The van der Waals surface area contributed by atoms with E-state index in [9.17, 15) is 14.0 Å². The van der Waals surface area contributed by atoms with Crippen LogP contribution in [0, 0.1) is 5.82 Å². The van der Waals surface area contributed by atoms with Crippen molar-refractivity contribution in [3.05, 3.63) is 29.0 Å². The Hall–Kier alpha value is -1.62. The standard InChI is InChI=1S/C13H14ClFO4/c1-2-18-13(17)6-3-9(16)8-19-10-4-5-12(15)11(14)7-10/h4-5,7H,2-3,6,8H2,1H3. The fraction of sp³-hybridized carbons (Fsp3) is 0.385. The third-order valence-corrected chi connectivity index (χ3v) is 2.49. The van der Waals surface area contributed by atoms with Gasteiger partial charge in [-0.15, -0.1) is 0 Å². The van der Waals surface area contributed by atoms with Crippen LogP contribution in [0.2, 0.25) is 5.02 Å². The van der Waals surface area contributed by atoms with E-state index in [-0.39, 0.29) is 36.9 Å². The number of carbonyl (C=O) groups is 2. The highest BCUT2D eigenvalue weighted by Gasteiger charge is 2.09. The van der Waals surface area contributed by atoms with Gasteiger partial charge in [0.1, 0.15) is 18.2 Å². The average molecular weight is 289 g/mol. The maximum absolute atomic E-state index is 12.9. The Morgan fingerprint density at radius 2 is 2.05 bits per heavy atom. The van der Waals surface area contributed by atoms with E-state index in [1.807, 2.05) is 0 Å². The minimum Gasteiger partial charge on any atom is -0.486 e. The molecular weight excluding hydrogens is 275 g/mol. The number of Topliss-reactive ketones (excluding diaryl/α,β-unsaturated/α-hetero) is 1. The molecule has 6 heteroatoms. The van der Waals surface area contributed by atoms with Gasteiger partial charge in [-0.2, -0.15) is 0 Å². The number of hydrogen-bond acceptors (Lipinski definition) is 4. The van der Waals surface area contributed by atoms with Crippen LogP contribution in [0.5, 0.6) is 5.75 Å². The highest BCUT2D eigenvalue weighted by molar-refractivity contribution is 6.30. The van der Waals surface area contributed by atoms with Crippen molar-refractivity contribution in [3.8, 4) is 5.75 Å². The van der Waals surface area contributed by atoms with Gasteiger partial charge in [-0.3, -0.25) is 9.59 Å². The zero-order chi connectivity index (χ0) is 14.3. The molecule has 0 fully saturated rings. The molecule has 4 nitrogen and oxygen atoms in total. The van der Waals surface area contributed by atoms with E-state index in [1.165, 1.54) is 12.1 Å². The fourth-order valence-corrected chi connectivity index (χ4v) is 1.45. The number of ketones is 1. The molecule has 0 saturated carbocycles. The van der Waals surface area contributed by atoms with E-state index < -0.39 is 11.8 Å². The molecule has 0 heterocycles. The van der Waals surface area contributed by atoms with Crippen LogP contribution in [0.1, 0.15) is 19.8 Å². The van der Waals surface area contributed by atoms with Crippen molar-refractivity contribution in [1.29, 1.82) is 0 Å². The SMILES string of the molecule is CCOC(=O)CCC(=O)COc1ccc(F)c(Cl)c1. The summed E-state index contributed by atoms with van der Waals surface area (Å²) < 4.78 is 22.7. The molecule has 104 valence electrons. The number of benzene rings is 1. The van der Waals surface area contributed by atoms with Crippen molar-refractivity contribution >= 4 is 23.4 Å². The average Bonchev–Trinajstić information content (AvgIpc) is 2.38. The van der Waals surface area contributed by atoms with Gasteiger partial charge in [-0.05, 0) is 19.1 Å². The molecule has 0 spiro atoms. The van der Waals surface area contributed by atoms with Crippen LogP contribution in [0.25, 0.3) is 0 Å². The molecule has 0 bridgehead atoms. The number of ether oxygens (including phenoxy) is 2. The molecule has 0 unspecified atom stereocenters. The zero-order valence-corrected chi connectivity index (χ0v) is 11.2. The number of hydrogen-bond donors (Lipinski definition) is 0. The third kappa shape index (κ3) is 5.70. The molecule has 0 aliphatic carbocycles. The van der Waals surface area contributed by atoms with Crippen LogP contribution >= 0.6 is 11.6 Å². The van der Waals surface area contributed by atoms with E-state index in [2.05, 4.69) is 0 Å². The van der Waals surface area contributed by atoms with Crippen molar-refractivity contribution in [2.45, 2.75) is 19.8 Å². The topological polar surface area (TPSA) is 52.6 Å². The van der Waals surface area contributed by atoms with Gasteiger partial charge in [0.2, 0.25) is 0 Å². The quantitative estimate of drug-likeness (QED) is 0.724. The van der Waals surface area contributed by atoms with Gasteiger partial charge in [0.05, 0.1) is 18.1 Å². The molecule has 0 saturated heterocycles. The molecule has 0 radical (unpaired) electrons. The molecule has 0 aliphatic heterocycles. The summed E-state index contributed by atoms with van der Waals surface area (Å²) in [7, 11) is 0. The number of esters is 1. The second-order valence-corrected chi connectivity index (χ2v) is 4.12. The molecule has 0 amide bonds. The summed E-state index contributed by atoms with van der Waals surface area (Å²) in [6.07, 6.45) is 0.0773. The third-order valence-electron chi connectivity index (χ3n) is 2.20. The zero-order valence-electron chi connectivity index (χ0n) is 10.4. The lowest BCUT2D eigenvalue weighted by Crippen LogP contribution is -2.14. The van der Waals surface area contributed by atoms with Crippen LogP contribution < -0.4 is 4.74 Å². The lowest BCUT2D eigenvalue weighted by Gasteiger charge is -2.06. The van der Waals surface area contributed by atoms with Crippen LogP contribution in [-0.4, -0.2) is 25.0 Å². The Morgan fingerprint density at radius 3 is 2.68 bits per heavy atom. The first-order valence-electron chi connectivity index (χ1n) is 5.78. The van der Waals surface area contributed by atoms with Crippen molar-refractivity contribution in [2.75, 3.05) is 13.2 Å². The van der Waals surface area contributed by atoms with Crippen LogP contribution in [0.4, 0.5) is 4.39 Å². The monoisotopic (exact) mass is 288 g/mol. The van der Waals surface area contributed by atoms with Gasteiger partial charge < -0.3 is 9.47 Å². The Labute approximate surface area is 115 Å². The summed E-state index contributed by atoms with van der Waals surface area (Å²) in [6.45, 7) is 1.79. The Balaban J connectivity index is 2.33. The number of rotatable bonds is 7. The lowest BCUT2D eigenvalue weighted by atomic mass is 10.2. The normalized spacial score (nSPS) is 10.1. The van der Waals surface area contributed by atoms with E-state index in [0.717, 1.165) is 6.07 Å². The first-order chi connectivity index (χ1) is 9.02. The molecule has 1 rings (SSSR count). The first kappa shape index (κ1) is 15.4. The molecule has 0 aliphatic rings. The Kier molecular flexibility index (Phi) is 6.29. The van der Waals surface area contributed by atoms with E-state index in [1.54, 1.807) is 6.92 Å². The highest BCUT2D eigenvalue weighted by atomic mass is 35.5. The molecule has 19 heavy (non-hydrogen) atoms. The van der Waals surface area contributed by atoms with E-state index >= 15 is 0 Å². The van der Waals surface area contributed by atoms with Crippen molar-refractivity contribution < 1.29 is 23.5 Å². The van der Waals surface area contributed by atoms with Gasteiger partial charge in [-0.1, -0.05) is 11.6 Å². The largest absolute Gasteiger partial charge is 0.486 e. The minimum atomic E-state index is -0.553. The molecule has 0 aromatic heterocycles. The smallest absolute Gasteiger partial charge is 0.306 e. The van der Waals surface area contributed by atoms with Crippen LogP contribution in [0.15, 0.2) is 18.2 Å². The summed E-state index contributed by atoms with van der Waals surface area (Å²) in [5.41, 5.74) is 0. The molecule has 1 aromatic carbocycles. The highest BCUT2D eigenvalue weighted by Crippen LogP contribution is 2.21. The number of carbonyl (C=O) groups excluding carboxylic acids is 2. The van der Waals surface area contributed by atoms with E-state index in [0.29, 0.717) is 5.75 Å². The maximum atomic E-state index is 12.9. The second-order valence-electron chi connectivity index (χ2n) is 3.71. The van der Waals surface area contributed by atoms with Crippen molar-refractivity contribution in [1.82, 2.24) is 0 Å². The predicted molar refractivity (Wildman–Crippen MR) is 67.8 cm³/mol. The van der Waals surface area contributed by atoms with Crippen molar-refractivity contribution in [2.24, 2.45) is 0 Å². The fourth-order valence-electron chi connectivity index (χ4n) is 1.28. The lowest BCUT2D eigenvalue weighted by molar-refractivity contribution is -0.144. The Bertz CT molecular complexity index is 462. The van der Waals surface area contributed by atoms with Crippen LogP contribution in [0.3, 0.4) is 0 Å². The van der Waals surface area contributed by atoms with Gasteiger partial charge in [0.15, 0.2) is 5.78 Å². The minimum absolute atomic E-state index is 0.0280. The summed E-state index contributed by atoms with van der Waals surface area (Å²) in [4.78, 5) is 22.5. The molecule has 0 N–H and O–H groups in total. The van der Waals surface area contributed by atoms with Crippen LogP contribution in [-0.2, 0) is 14.3 Å². The predicted octanol–water partition coefficient (Wildman–Crippen LogP) is 2.77. The Morgan fingerprint density at radius 1 is 1.32 bits per heavy atom. The van der Waals surface area contributed by atoms with Gasteiger partial charge in [-0.25, -0.2) is 4.39 Å². The van der Waals surface area contributed by atoms with Gasteiger partial charge in [0, 0.05) is 12.5 Å². The summed E-state index contributed by atoms with van der Waals surface area (Å²) in [5.74, 6) is -0.910. The second kappa shape index (κ2) is 7.74. The summed E-state index contributed by atoms with van der Waals surface area (Å²) >= 11 is 5.57. The first-order valence-corrected chi connectivity index (χ1v) is 6.16. The molecule has 1 aromatic rings. The van der Waals surface area contributed by atoms with Gasteiger partial charge in [0.25, 0.3) is 0 Å². The summed E-state index contributed by atoms with van der Waals surface area (Å²) in [6, 6.07) is 3.82. The van der Waals surface area contributed by atoms with E-state index in [4.69, 9.17) is 21.1 Å². The molecular formula is C13H14ClFO4.